The normalized spacial score (nSPS) is 27.9. The summed E-state index contributed by atoms with van der Waals surface area (Å²) in [7, 11) is 0. The molecule has 0 saturated carbocycles. The monoisotopic (exact) mass is 415 g/mol. The van der Waals surface area contributed by atoms with Crippen molar-refractivity contribution in [2.45, 2.75) is 50.7 Å². The SMILES string of the molecule is Cc1cn2nc([C@@H]3CCCCN3C(=O)C3CSCN3)cc2nc1N1CC[C@H](N)C1. The Labute approximate surface area is 175 Å². The summed E-state index contributed by atoms with van der Waals surface area (Å²) in [6.07, 6.45) is 6.20. The molecule has 1 amide bonds. The minimum atomic E-state index is -0.0658. The number of fused-ring (bicyclic) bond motifs is 1. The highest BCUT2D eigenvalue weighted by molar-refractivity contribution is 7.99. The van der Waals surface area contributed by atoms with Gasteiger partial charge in [-0.05, 0) is 32.6 Å². The standard InChI is InChI=1S/C20H29N7OS/c1-13-9-27-18(23-19(13)25-7-5-14(21)10-25)8-15(24-27)17-4-2-3-6-26(17)20(28)16-11-29-12-22-16/h8-9,14,16-17,22H,2-7,10-12,21H2,1H3/t14-,16?,17-/m0/s1. The van der Waals surface area contributed by atoms with E-state index in [1.807, 2.05) is 9.42 Å². The Hall–Kier alpha value is -1.84. The molecular formula is C20H29N7OS. The average Bonchev–Trinajstić information content (AvgIpc) is 3.47. The Bertz CT molecular complexity index is 910. The van der Waals surface area contributed by atoms with Gasteiger partial charge in [0, 0.05) is 55.1 Å². The van der Waals surface area contributed by atoms with Crippen molar-refractivity contribution < 1.29 is 4.79 Å². The summed E-state index contributed by atoms with van der Waals surface area (Å²) in [5.74, 6) is 2.93. The summed E-state index contributed by atoms with van der Waals surface area (Å²) in [6.45, 7) is 4.68. The number of amides is 1. The largest absolute Gasteiger partial charge is 0.355 e. The predicted molar refractivity (Wildman–Crippen MR) is 115 cm³/mol. The number of hydrogen-bond acceptors (Lipinski definition) is 7. The number of aryl methyl sites for hydroxylation is 1. The highest BCUT2D eigenvalue weighted by atomic mass is 32.2. The van der Waals surface area contributed by atoms with Crippen molar-refractivity contribution >= 4 is 29.1 Å². The molecule has 0 bridgehead atoms. The summed E-state index contributed by atoms with van der Waals surface area (Å²) in [5, 5.41) is 8.15. The Morgan fingerprint density at radius 2 is 2.21 bits per heavy atom. The molecule has 3 aliphatic rings. The van der Waals surface area contributed by atoms with Gasteiger partial charge in [0.05, 0.1) is 17.8 Å². The van der Waals surface area contributed by atoms with E-state index < -0.39 is 0 Å². The van der Waals surface area contributed by atoms with E-state index >= 15 is 0 Å². The zero-order chi connectivity index (χ0) is 20.0. The van der Waals surface area contributed by atoms with Crippen LogP contribution in [0.4, 0.5) is 5.82 Å². The zero-order valence-electron chi connectivity index (χ0n) is 16.9. The molecule has 0 radical (unpaired) electrons. The minimum absolute atomic E-state index is 0.0364. The third kappa shape index (κ3) is 3.60. The minimum Gasteiger partial charge on any atom is -0.355 e. The molecule has 29 heavy (non-hydrogen) atoms. The van der Waals surface area contributed by atoms with Crippen LogP contribution in [-0.2, 0) is 4.79 Å². The maximum Gasteiger partial charge on any atom is 0.241 e. The van der Waals surface area contributed by atoms with Gasteiger partial charge < -0.3 is 15.5 Å². The van der Waals surface area contributed by atoms with Crippen LogP contribution in [0.3, 0.4) is 0 Å². The van der Waals surface area contributed by atoms with Crippen LogP contribution < -0.4 is 16.0 Å². The number of carbonyl (C=O) groups is 1. The van der Waals surface area contributed by atoms with E-state index in [0.717, 1.165) is 79.7 Å². The molecule has 5 rings (SSSR count). The van der Waals surface area contributed by atoms with Crippen LogP contribution in [0, 0.1) is 6.92 Å². The van der Waals surface area contributed by atoms with Crippen molar-refractivity contribution in [3.8, 4) is 0 Å². The van der Waals surface area contributed by atoms with E-state index in [2.05, 4.69) is 29.4 Å². The third-order valence-electron chi connectivity index (χ3n) is 6.29. The van der Waals surface area contributed by atoms with Crippen molar-refractivity contribution in [1.29, 1.82) is 0 Å². The van der Waals surface area contributed by atoms with Crippen molar-refractivity contribution in [2.24, 2.45) is 5.73 Å². The van der Waals surface area contributed by atoms with Crippen molar-refractivity contribution in [3.63, 3.8) is 0 Å². The third-order valence-corrected chi connectivity index (χ3v) is 7.23. The fourth-order valence-corrected chi connectivity index (χ4v) is 5.67. The van der Waals surface area contributed by atoms with Gasteiger partial charge in [-0.3, -0.25) is 10.1 Å². The van der Waals surface area contributed by atoms with Crippen molar-refractivity contribution in [1.82, 2.24) is 24.8 Å². The van der Waals surface area contributed by atoms with E-state index in [-0.39, 0.29) is 24.0 Å². The van der Waals surface area contributed by atoms with Crippen LogP contribution in [0.15, 0.2) is 12.3 Å². The Kier molecular flexibility index (Phi) is 5.13. The van der Waals surface area contributed by atoms with Crippen LogP contribution in [0.5, 0.6) is 0 Å². The number of piperidine rings is 1. The topological polar surface area (TPSA) is 91.8 Å². The highest BCUT2D eigenvalue weighted by Crippen LogP contribution is 2.32. The molecule has 9 heteroatoms. The molecule has 0 aromatic carbocycles. The summed E-state index contributed by atoms with van der Waals surface area (Å²) >= 11 is 1.79. The Morgan fingerprint density at radius 1 is 1.31 bits per heavy atom. The maximum absolute atomic E-state index is 13.1. The van der Waals surface area contributed by atoms with Crippen LogP contribution in [0.2, 0.25) is 0 Å². The molecule has 3 saturated heterocycles. The number of anilines is 1. The number of nitrogens with one attached hydrogen (secondary N) is 1. The van der Waals surface area contributed by atoms with Gasteiger partial charge in [0.15, 0.2) is 5.65 Å². The van der Waals surface area contributed by atoms with Gasteiger partial charge in [-0.2, -0.15) is 5.10 Å². The first-order chi connectivity index (χ1) is 14.1. The van der Waals surface area contributed by atoms with Gasteiger partial charge in [-0.1, -0.05) is 0 Å². The van der Waals surface area contributed by atoms with E-state index in [9.17, 15) is 4.79 Å². The average molecular weight is 416 g/mol. The van der Waals surface area contributed by atoms with Gasteiger partial charge in [0.25, 0.3) is 0 Å². The lowest BCUT2D eigenvalue weighted by molar-refractivity contribution is -0.136. The molecule has 3 N–H and O–H groups in total. The molecule has 0 aliphatic carbocycles. The fraction of sp³-hybridized carbons (Fsp3) is 0.650. The summed E-state index contributed by atoms with van der Waals surface area (Å²) < 4.78 is 1.87. The number of aromatic nitrogens is 3. The summed E-state index contributed by atoms with van der Waals surface area (Å²) in [4.78, 5) is 22.3. The van der Waals surface area contributed by atoms with E-state index in [1.165, 1.54) is 0 Å². The van der Waals surface area contributed by atoms with Crippen molar-refractivity contribution in [2.75, 3.05) is 36.2 Å². The van der Waals surface area contributed by atoms with E-state index in [1.54, 1.807) is 11.8 Å². The van der Waals surface area contributed by atoms with Crippen LogP contribution in [0.1, 0.15) is 43.0 Å². The molecule has 156 valence electrons. The molecule has 1 unspecified atom stereocenters. The number of carbonyl (C=O) groups excluding carboxylic acids is 1. The number of nitrogens with two attached hydrogens (primary N) is 1. The van der Waals surface area contributed by atoms with Crippen LogP contribution in [0.25, 0.3) is 5.65 Å². The second kappa shape index (κ2) is 7.77. The zero-order valence-corrected chi connectivity index (χ0v) is 17.7. The molecule has 5 heterocycles. The number of hydrogen-bond donors (Lipinski definition) is 2. The maximum atomic E-state index is 13.1. The Balaban J connectivity index is 1.44. The first-order valence-electron chi connectivity index (χ1n) is 10.6. The van der Waals surface area contributed by atoms with E-state index in [4.69, 9.17) is 15.8 Å². The molecule has 3 fully saturated rings. The van der Waals surface area contributed by atoms with E-state index in [0.29, 0.717) is 0 Å². The summed E-state index contributed by atoms with van der Waals surface area (Å²) in [5.41, 5.74) is 8.98. The second-order valence-electron chi connectivity index (χ2n) is 8.43. The smallest absolute Gasteiger partial charge is 0.241 e. The quantitative estimate of drug-likeness (QED) is 0.780. The molecular weight excluding hydrogens is 386 g/mol. The molecule has 3 aliphatic heterocycles. The first kappa shape index (κ1) is 19.1. The van der Waals surface area contributed by atoms with Gasteiger partial charge in [-0.15, -0.1) is 11.8 Å². The summed E-state index contributed by atoms with van der Waals surface area (Å²) in [6, 6.07) is 2.25. The number of likely N-dealkylation sites (tertiary alicyclic amines) is 1. The van der Waals surface area contributed by atoms with Gasteiger partial charge in [-0.25, -0.2) is 9.50 Å². The fourth-order valence-electron chi connectivity index (χ4n) is 4.74. The second-order valence-corrected chi connectivity index (χ2v) is 9.46. The molecule has 2 aromatic rings. The van der Waals surface area contributed by atoms with Crippen molar-refractivity contribution in [3.05, 3.63) is 23.5 Å². The van der Waals surface area contributed by atoms with Gasteiger partial charge >= 0.3 is 0 Å². The van der Waals surface area contributed by atoms with Crippen LogP contribution in [-0.4, -0.2) is 68.8 Å². The number of nitrogens with zero attached hydrogens (tertiary/aromatic N) is 5. The highest BCUT2D eigenvalue weighted by Gasteiger charge is 2.35. The van der Waals surface area contributed by atoms with Crippen LogP contribution >= 0.6 is 11.8 Å². The lowest BCUT2D eigenvalue weighted by atomic mass is 9.98. The molecule has 8 nitrogen and oxygen atoms in total. The van der Waals surface area contributed by atoms with Gasteiger partial charge in [0.1, 0.15) is 5.82 Å². The number of rotatable bonds is 3. The predicted octanol–water partition coefficient (Wildman–Crippen LogP) is 1.29. The first-order valence-corrected chi connectivity index (χ1v) is 11.7. The number of thioether (sulfide) groups is 1. The lowest BCUT2D eigenvalue weighted by Gasteiger charge is -2.36. The molecule has 2 aromatic heterocycles. The lowest BCUT2D eigenvalue weighted by Crippen LogP contribution is -2.48. The Morgan fingerprint density at radius 3 is 2.97 bits per heavy atom. The van der Waals surface area contributed by atoms with Gasteiger partial charge in [0.2, 0.25) is 5.91 Å². The molecule has 0 spiro atoms. The molecule has 3 atom stereocenters.